The van der Waals surface area contributed by atoms with Gasteiger partial charge in [-0.1, -0.05) is 62.2 Å². The van der Waals surface area contributed by atoms with Gasteiger partial charge < -0.3 is 19.2 Å². The minimum Gasteiger partial charge on any atom is -0.493 e. The lowest BCUT2D eigenvalue weighted by Crippen LogP contribution is -2.48. The van der Waals surface area contributed by atoms with Crippen molar-refractivity contribution in [3.8, 4) is 5.75 Å². The van der Waals surface area contributed by atoms with Crippen LogP contribution in [0.5, 0.6) is 5.75 Å². The number of unbranched alkanes of at least 4 members (excludes halogenated alkanes) is 2. The van der Waals surface area contributed by atoms with Gasteiger partial charge in [0.15, 0.2) is 0 Å². The van der Waals surface area contributed by atoms with Gasteiger partial charge >= 0.3 is 5.97 Å². The average molecular weight is 515 g/mol. The maximum Gasteiger partial charge on any atom is 0.326 e. The summed E-state index contributed by atoms with van der Waals surface area (Å²) in [6, 6.07) is 14.7. The van der Waals surface area contributed by atoms with E-state index in [4.69, 9.17) is 9.15 Å². The molecule has 0 saturated carbocycles. The minimum absolute atomic E-state index is 0.236. The molecule has 2 aromatic carbocycles. The smallest absolute Gasteiger partial charge is 0.326 e. The maximum atomic E-state index is 12.8. The van der Waals surface area contributed by atoms with Crippen LogP contribution in [-0.4, -0.2) is 39.5 Å². The van der Waals surface area contributed by atoms with Crippen LogP contribution in [0.2, 0.25) is 0 Å². The molecule has 3 aromatic rings. The lowest BCUT2D eigenvalue weighted by molar-refractivity contribution is -0.149. The van der Waals surface area contributed by atoms with E-state index in [1.807, 2.05) is 73.7 Å². The normalized spacial score (nSPS) is 15.2. The molecular weight excluding hydrogens is 480 g/mol. The predicted octanol–water partition coefficient (Wildman–Crippen LogP) is 5.86. The summed E-state index contributed by atoms with van der Waals surface area (Å²) >= 11 is 0. The average Bonchev–Trinajstić information content (AvgIpc) is 3.28. The number of hydrogen-bond donors (Lipinski definition) is 1. The van der Waals surface area contributed by atoms with Crippen LogP contribution in [0.25, 0.3) is 12.2 Å². The summed E-state index contributed by atoms with van der Waals surface area (Å²) in [4.78, 5) is 30.7. The van der Waals surface area contributed by atoms with Gasteiger partial charge in [-0.05, 0) is 54.3 Å². The Morgan fingerprint density at radius 1 is 1.16 bits per heavy atom. The minimum atomic E-state index is -0.993. The van der Waals surface area contributed by atoms with Gasteiger partial charge in [-0.3, -0.25) is 4.79 Å². The van der Waals surface area contributed by atoms with Crippen molar-refractivity contribution in [1.29, 1.82) is 0 Å². The monoisotopic (exact) mass is 514 g/mol. The number of aliphatic carboxylic acids is 1. The van der Waals surface area contributed by atoms with Crippen LogP contribution >= 0.6 is 0 Å². The topological polar surface area (TPSA) is 92.9 Å². The number of rotatable bonds is 11. The van der Waals surface area contributed by atoms with Gasteiger partial charge in [-0.15, -0.1) is 0 Å². The Balaban J connectivity index is 1.37. The Hall–Kier alpha value is -4.13. The first-order valence-corrected chi connectivity index (χ1v) is 13.1. The molecule has 198 valence electrons. The van der Waals surface area contributed by atoms with E-state index in [2.05, 4.69) is 11.9 Å². The first-order valence-electron chi connectivity index (χ1n) is 13.1. The molecule has 0 unspecified atom stereocenters. The number of carboxylic acids is 1. The molecule has 7 heteroatoms. The van der Waals surface area contributed by atoms with E-state index in [1.165, 1.54) is 11.0 Å². The fraction of sp³-hybridized carbons (Fsp3) is 0.323. The number of aryl methyl sites for hydroxylation is 1. The van der Waals surface area contributed by atoms with E-state index < -0.39 is 12.0 Å². The van der Waals surface area contributed by atoms with E-state index in [0.29, 0.717) is 24.7 Å². The number of carboxylic acid groups (broad SMARTS) is 1. The fourth-order valence-electron chi connectivity index (χ4n) is 4.46. The Kier molecular flexibility index (Phi) is 9.14. The van der Waals surface area contributed by atoms with Crippen molar-refractivity contribution in [2.75, 3.05) is 6.61 Å². The Labute approximate surface area is 223 Å². The Morgan fingerprint density at radius 3 is 2.74 bits per heavy atom. The highest BCUT2D eigenvalue weighted by Crippen LogP contribution is 2.28. The van der Waals surface area contributed by atoms with E-state index in [0.717, 1.165) is 47.4 Å². The third-order valence-corrected chi connectivity index (χ3v) is 6.60. The largest absolute Gasteiger partial charge is 0.493 e. The standard InChI is InChI=1S/C31H34N2O5/c1-3-4-5-9-12-30(34)33-21-25-19-26(15-14-24(25)20-28(33)31(35)36)37-18-17-27-22(2)38-29(32-27)16-13-23-10-7-6-8-11-23/h6-16,19,28H,3-5,17-18,20-21H2,1-2H3,(H,35,36)/b12-9+,16-13+/t28-/m0/s1. The van der Waals surface area contributed by atoms with Gasteiger partial charge in [0, 0.05) is 25.5 Å². The van der Waals surface area contributed by atoms with E-state index in [1.54, 1.807) is 0 Å². The summed E-state index contributed by atoms with van der Waals surface area (Å²) in [6.45, 7) is 4.63. The second-order valence-corrected chi connectivity index (χ2v) is 9.40. The zero-order chi connectivity index (χ0) is 26.9. The van der Waals surface area contributed by atoms with Crippen LogP contribution in [-0.2, 0) is 29.0 Å². The molecule has 0 spiro atoms. The van der Waals surface area contributed by atoms with Gasteiger partial charge in [0.1, 0.15) is 17.6 Å². The predicted molar refractivity (Wildman–Crippen MR) is 147 cm³/mol. The number of oxazole rings is 1. The van der Waals surface area contributed by atoms with Crippen LogP contribution in [0, 0.1) is 6.92 Å². The number of amides is 1. The van der Waals surface area contributed by atoms with Crippen LogP contribution < -0.4 is 4.74 Å². The number of hydrogen-bond acceptors (Lipinski definition) is 5. The molecule has 1 aromatic heterocycles. The summed E-state index contributed by atoms with van der Waals surface area (Å²) in [7, 11) is 0. The van der Waals surface area contributed by atoms with Gasteiger partial charge in [0.25, 0.3) is 0 Å². The molecular formula is C31H34N2O5. The summed E-state index contributed by atoms with van der Waals surface area (Å²) in [6.07, 6.45) is 10.8. The Bertz CT molecular complexity index is 1310. The van der Waals surface area contributed by atoms with Gasteiger partial charge in [-0.25, -0.2) is 9.78 Å². The second-order valence-electron chi connectivity index (χ2n) is 9.40. The molecule has 0 bridgehead atoms. The highest BCUT2D eigenvalue weighted by molar-refractivity contribution is 5.91. The third-order valence-electron chi connectivity index (χ3n) is 6.60. The quantitative estimate of drug-likeness (QED) is 0.255. The van der Waals surface area contributed by atoms with Gasteiger partial charge in [0.2, 0.25) is 11.8 Å². The number of ether oxygens (including phenoxy) is 1. The third kappa shape index (κ3) is 7.00. The lowest BCUT2D eigenvalue weighted by Gasteiger charge is -2.34. The number of carbonyl (C=O) groups excluding carboxylic acids is 1. The van der Waals surface area contributed by atoms with Crippen molar-refractivity contribution in [3.05, 3.63) is 94.7 Å². The molecule has 1 aliphatic rings. The van der Waals surface area contributed by atoms with E-state index in [-0.39, 0.29) is 18.9 Å². The highest BCUT2D eigenvalue weighted by atomic mass is 16.5. The van der Waals surface area contributed by atoms with Crippen LogP contribution in [0.3, 0.4) is 0 Å². The van der Waals surface area contributed by atoms with Crippen LogP contribution in [0.4, 0.5) is 0 Å². The zero-order valence-corrected chi connectivity index (χ0v) is 21.9. The number of allylic oxidation sites excluding steroid dienone is 1. The lowest BCUT2D eigenvalue weighted by atomic mass is 9.93. The molecule has 1 amide bonds. The molecule has 0 radical (unpaired) electrons. The van der Waals surface area contributed by atoms with Gasteiger partial charge in [0.05, 0.1) is 12.3 Å². The SMILES string of the molecule is CCCC/C=C/C(=O)N1Cc2cc(OCCc3nc(/C=C/c4ccccc4)oc3C)ccc2C[C@H]1C(=O)O. The van der Waals surface area contributed by atoms with Crippen LogP contribution in [0.15, 0.2) is 65.1 Å². The molecule has 1 aliphatic heterocycles. The van der Waals surface area contributed by atoms with Crippen molar-refractivity contribution >= 4 is 24.0 Å². The summed E-state index contributed by atoms with van der Waals surface area (Å²) < 4.78 is 11.8. The molecule has 1 atom stereocenters. The molecule has 0 fully saturated rings. The number of nitrogens with zero attached hydrogens (tertiary/aromatic N) is 2. The number of benzene rings is 2. The zero-order valence-electron chi connectivity index (χ0n) is 21.9. The van der Waals surface area contributed by atoms with E-state index >= 15 is 0 Å². The van der Waals surface area contributed by atoms with Crippen molar-refractivity contribution in [1.82, 2.24) is 9.88 Å². The molecule has 4 rings (SSSR count). The van der Waals surface area contributed by atoms with Crippen LogP contribution in [0.1, 0.15) is 60.2 Å². The highest BCUT2D eigenvalue weighted by Gasteiger charge is 2.33. The molecule has 0 saturated heterocycles. The summed E-state index contributed by atoms with van der Waals surface area (Å²) in [5.41, 5.74) is 3.74. The summed E-state index contributed by atoms with van der Waals surface area (Å²) in [5, 5.41) is 9.73. The molecule has 0 aliphatic carbocycles. The molecule has 38 heavy (non-hydrogen) atoms. The van der Waals surface area contributed by atoms with E-state index in [9.17, 15) is 14.7 Å². The summed E-state index contributed by atoms with van der Waals surface area (Å²) in [5.74, 6) is 0.717. The molecule has 2 heterocycles. The van der Waals surface area contributed by atoms with Crippen molar-refractivity contribution in [2.24, 2.45) is 0 Å². The van der Waals surface area contributed by atoms with Crippen molar-refractivity contribution < 1.29 is 23.8 Å². The Morgan fingerprint density at radius 2 is 1.97 bits per heavy atom. The van der Waals surface area contributed by atoms with Crippen molar-refractivity contribution in [3.63, 3.8) is 0 Å². The number of fused-ring (bicyclic) bond motifs is 1. The maximum absolute atomic E-state index is 12.8. The first-order chi connectivity index (χ1) is 18.4. The molecule has 1 N–H and O–H groups in total. The van der Waals surface area contributed by atoms with Crippen molar-refractivity contribution in [2.45, 2.75) is 58.5 Å². The fourth-order valence-corrected chi connectivity index (χ4v) is 4.46. The van der Waals surface area contributed by atoms with Gasteiger partial charge in [-0.2, -0.15) is 0 Å². The first kappa shape index (κ1) is 26.9. The number of aromatic nitrogens is 1. The molecule has 7 nitrogen and oxygen atoms in total. The second kappa shape index (κ2) is 12.9. The number of carbonyl (C=O) groups is 2.